The molecule has 0 fully saturated rings. The predicted molar refractivity (Wildman–Crippen MR) is 72.7 cm³/mol. The molecule has 1 aromatic heterocycles. The molecular weight excluding hydrogens is 243 g/mol. The molecule has 0 saturated heterocycles. The van der Waals surface area contributed by atoms with Crippen LogP contribution in [0.5, 0.6) is 5.75 Å². The second-order valence-electron chi connectivity index (χ2n) is 4.77. The molecule has 2 rings (SSSR count). The molecule has 0 aliphatic heterocycles. The minimum atomic E-state index is -0.341. The van der Waals surface area contributed by atoms with Crippen LogP contribution in [-0.4, -0.2) is 9.78 Å². The first-order valence-electron chi connectivity index (χ1n) is 6.53. The van der Waals surface area contributed by atoms with Crippen LogP contribution in [0.1, 0.15) is 37.6 Å². The van der Waals surface area contributed by atoms with E-state index in [1.165, 1.54) is 6.07 Å². The summed E-state index contributed by atoms with van der Waals surface area (Å²) in [5.74, 6) is -0.0648. The van der Waals surface area contributed by atoms with Crippen molar-refractivity contribution in [1.82, 2.24) is 9.78 Å². The van der Waals surface area contributed by atoms with Crippen molar-refractivity contribution in [2.45, 2.75) is 39.8 Å². The molecule has 1 heterocycles. The highest BCUT2D eigenvalue weighted by Gasteiger charge is 2.07. The van der Waals surface area contributed by atoms with Gasteiger partial charge >= 0.3 is 0 Å². The topological polar surface area (TPSA) is 27.1 Å². The van der Waals surface area contributed by atoms with E-state index in [0.29, 0.717) is 6.04 Å². The Morgan fingerprint density at radius 2 is 2.16 bits per heavy atom. The molecule has 0 saturated carbocycles. The molecule has 1 atom stereocenters. The number of hydrogen-bond acceptors (Lipinski definition) is 2. The summed E-state index contributed by atoms with van der Waals surface area (Å²) < 4.78 is 20.9. The highest BCUT2D eigenvalue weighted by Crippen LogP contribution is 2.19. The van der Waals surface area contributed by atoms with E-state index < -0.39 is 0 Å². The van der Waals surface area contributed by atoms with Crippen LogP contribution in [0.4, 0.5) is 4.39 Å². The van der Waals surface area contributed by atoms with Crippen LogP contribution >= 0.6 is 0 Å². The zero-order valence-electron chi connectivity index (χ0n) is 11.6. The molecule has 0 bridgehead atoms. The quantitative estimate of drug-likeness (QED) is 0.817. The van der Waals surface area contributed by atoms with E-state index in [1.807, 2.05) is 23.9 Å². The number of ether oxygens (including phenoxy) is 1. The smallest absolute Gasteiger partial charge is 0.165 e. The Kier molecular flexibility index (Phi) is 4.20. The van der Waals surface area contributed by atoms with Crippen LogP contribution in [0, 0.1) is 12.7 Å². The molecule has 0 spiro atoms. The van der Waals surface area contributed by atoms with E-state index >= 15 is 0 Å². The fraction of sp³-hybridized carbons (Fsp3) is 0.400. The van der Waals surface area contributed by atoms with Crippen LogP contribution in [-0.2, 0) is 6.61 Å². The van der Waals surface area contributed by atoms with Gasteiger partial charge in [-0.3, -0.25) is 4.68 Å². The van der Waals surface area contributed by atoms with Crippen molar-refractivity contribution >= 4 is 0 Å². The molecule has 102 valence electrons. The van der Waals surface area contributed by atoms with Crippen molar-refractivity contribution < 1.29 is 9.13 Å². The molecule has 1 aromatic carbocycles. The van der Waals surface area contributed by atoms with Gasteiger partial charge in [-0.1, -0.05) is 13.0 Å². The van der Waals surface area contributed by atoms with Crippen molar-refractivity contribution in [3.05, 3.63) is 47.5 Å². The van der Waals surface area contributed by atoms with Gasteiger partial charge in [-0.25, -0.2) is 4.39 Å². The molecule has 4 heteroatoms. The fourth-order valence-corrected chi connectivity index (χ4v) is 1.76. The number of rotatable bonds is 5. The van der Waals surface area contributed by atoms with Crippen LogP contribution < -0.4 is 4.74 Å². The SMILES string of the molecule is CCC(C)n1ccc(COc2cc(C)ccc2F)n1. The molecule has 3 nitrogen and oxygen atoms in total. The van der Waals surface area contributed by atoms with Gasteiger partial charge in [0.2, 0.25) is 0 Å². The molecule has 0 N–H and O–H groups in total. The first-order chi connectivity index (χ1) is 9.10. The monoisotopic (exact) mass is 262 g/mol. The van der Waals surface area contributed by atoms with Crippen molar-refractivity contribution in [2.24, 2.45) is 0 Å². The Balaban J connectivity index is 2.02. The van der Waals surface area contributed by atoms with Crippen LogP contribution in [0.3, 0.4) is 0 Å². The number of halogens is 1. The maximum Gasteiger partial charge on any atom is 0.165 e. The highest BCUT2D eigenvalue weighted by atomic mass is 19.1. The average molecular weight is 262 g/mol. The van der Waals surface area contributed by atoms with Crippen LogP contribution in [0.15, 0.2) is 30.5 Å². The summed E-state index contributed by atoms with van der Waals surface area (Å²) in [7, 11) is 0. The molecule has 0 amide bonds. The van der Waals surface area contributed by atoms with Gasteiger partial charge in [-0.05, 0) is 44.0 Å². The second-order valence-corrected chi connectivity index (χ2v) is 4.77. The average Bonchev–Trinajstić information content (AvgIpc) is 2.88. The lowest BCUT2D eigenvalue weighted by atomic mass is 10.2. The summed E-state index contributed by atoms with van der Waals surface area (Å²) >= 11 is 0. The number of hydrogen-bond donors (Lipinski definition) is 0. The zero-order chi connectivity index (χ0) is 13.8. The Hall–Kier alpha value is -1.84. The number of aromatic nitrogens is 2. The molecule has 0 radical (unpaired) electrons. The minimum absolute atomic E-state index is 0.276. The van der Waals surface area contributed by atoms with Gasteiger partial charge < -0.3 is 4.74 Å². The first-order valence-corrected chi connectivity index (χ1v) is 6.53. The Labute approximate surface area is 113 Å². The Morgan fingerprint density at radius 3 is 2.89 bits per heavy atom. The fourth-order valence-electron chi connectivity index (χ4n) is 1.76. The summed E-state index contributed by atoms with van der Waals surface area (Å²) in [5.41, 5.74) is 1.78. The molecule has 0 aliphatic rings. The van der Waals surface area contributed by atoms with E-state index in [0.717, 1.165) is 17.7 Å². The van der Waals surface area contributed by atoms with E-state index in [1.54, 1.807) is 12.1 Å². The van der Waals surface area contributed by atoms with Gasteiger partial charge in [-0.2, -0.15) is 5.10 Å². The van der Waals surface area contributed by atoms with Crippen molar-refractivity contribution in [3.8, 4) is 5.75 Å². The molecule has 0 aliphatic carbocycles. The third-order valence-electron chi connectivity index (χ3n) is 3.17. The largest absolute Gasteiger partial charge is 0.484 e. The number of aryl methyl sites for hydroxylation is 1. The van der Waals surface area contributed by atoms with Gasteiger partial charge in [0.25, 0.3) is 0 Å². The number of nitrogens with zero attached hydrogens (tertiary/aromatic N) is 2. The van der Waals surface area contributed by atoms with Crippen molar-refractivity contribution in [1.29, 1.82) is 0 Å². The van der Waals surface area contributed by atoms with E-state index in [-0.39, 0.29) is 18.2 Å². The van der Waals surface area contributed by atoms with Gasteiger partial charge in [0, 0.05) is 12.2 Å². The van der Waals surface area contributed by atoms with Crippen molar-refractivity contribution in [3.63, 3.8) is 0 Å². The van der Waals surface area contributed by atoms with Gasteiger partial charge in [-0.15, -0.1) is 0 Å². The lowest BCUT2D eigenvalue weighted by molar-refractivity contribution is 0.283. The van der Waals surface area contributed by atoms with Crippen molar-refractivity contribution in [2.75, 3.05) is 0 Å². The molecule has 1 unspecified atom stereocenters. The molecular formula is C15H19FN2O. The zero-order valence-corrected chi connectivity index (χ0v) is 11.6. The highest BCUT2D eigenvalue weighted by molar-refractivity contribution is 5.29. The Morgan fingerprint density at radius 1 is 1.37 bits per heavy atom. The van der Waals surface area contributed by atoms with Gasteiger partial charge in [0.1, 0.15) is 6.61 Å². The standard InChI is InChI=1S/C15H19FN2O/c1-4-12(3)18-8-7-13(17-18)10-19-15-9-11(2)5-6-14(15)16/h5-9,12H,4,10H2,1-3H3. The third-order valence-corrected chi connectivity index (χ3v) is 3.17. The van der Waals surface area contributed by atoms with E-state index in [2.05, 4.69) is 18.9 Å². The first kappa shape index (κ1) is 13.6. The summed E-state index contributed by atoms with van der Waals surface area (Å²) in [4.78, 5) is 0. The molecule has 19 heavy (non-hydrogen) atoms. The maximum absolute atomic E-state index is 13.5. The normalized spacial score (nSPS) is 12.4. The summed E-state index contributed by atoms with van der Waals surface area (Å²) in [6.45, 7) is 6.41. The van der Waals surface area contributed by atoms with E-state index in [9.17, 15) is 4.39 Å². The number of benzene rings is 1. The van der Waals surface area contributed by atoms with Crippen LogP contribution in [0.2, 0.25) is 0 Å². The van der Waals surface area contributed by atoms with Gasteiger partial charge in [0.15, 0.2) is 11.6 Å². The summed E-state index contributed by atoms with van der Waals surface area (Å²) in [6.07, 6.45) is 2.95. The minimum Gasteiger partial charge on any atom is -0.484 e. The second kappa shape index (κ2) is 5.87. The van der Waals surface area contributed by atoms with Gasteiger partial charge in [0.05, 0.1) is 5.69 Å². The predicted octanol–water partition coefficient (Wildman–Crippen LogP) is 3.88. The third kappa shape index (κ3) is 3.34. The Bertz CT molecular complexity index is 551. The molecule has 2 aromatic rings. The lowest BCUT2D eigenvalue weighted by Gasteiger charge is -2.09. The van der Waals surface area contributed by atoms with E-state index in [4.69, 9.17) is 4.74 Å². The summed E-state index contributed by atoms with van der Waals surface area (Å²) in [5, 5.41) is 4.42. The maximum atomic E-state index is 13.5. The van der Waals surface area contributed by atoms with Crippen LogP contribution in [0.25, 0.3) is 0 Å². The lowest BCUT2D eigenvalue weighted by Crippen LogP contribution is -2.06. The summed E-state index contributed by atoms with van der Waals surface area (Å²) in [6, 6.07) is 7.10.